The second-order valence-electron chi connectivity index (χ2n) is 10.4. The third-order valence-corrected chi connectivity index (χ3v) is 8.25. The minimum atomic E-state index is 0.246. The molecule has 6 nitrogen and oxygen atoms in total. The van der Waals surface area contributed by atoms with Crippen LogP contribution in [0.1, 0.15) is 73.6 Å². The van der Waals surface area contributed by atoms with E-state index in [0.29, 0.717) is 23.3 Å². The van der Waals surface area contributed by atoms with Gasteiger partial charge in [0.25, 0.3) is 0 Å². The van der Waals surface area contributed by atoms with Crippen LogP contribution in [0.4, 0.5) is 0 Å². The number of likely N-dealkylation sites (tertiary alicyclic amines) is 1. The van der Waals surface area contributed by atoms with Crippen molar-refractivity contribution < 1.29 is 18.9 Å². The molecule has 0 aliphatic carbocycles. The molecule has 0 N–H and O–H groups in total. The van der Waals surface area contributed by atoms with E-state index in [1.165, 1.54) is 68.3 Å². The Morgan fingerprint density at radius 1 is 0.806 bits per heavy atom. The van der Waals surface area contributed by atoms with Gasteiger partial charge in [0.1, 0.15) is 5.75 Å². The number of ether oxygens (including phenoxy) is 4. The number of piperidine rings is 2. The van der Waals surface area contributed by atoms with Gasteiger partial charge < -0.3 is 23.8 Å². The smallest absolute Gasteiger partial charge is 0.203 e. The van der Waals surface area contributed by atoms with Crippen LogP contribution in [-0.4, -0.2) is 70.5 Å². The number of methoxy groups -OCH3 is 3. The van der Waals surface area contributed by atoms with E-state index >= 15 is 0 Å². The number of rotatable bonds is 9. The van der Waals surface area contributed by atoms with E-state index in [9.17, 15) is 0 Å². The molecule has 0 radical (unpaired) electrons. The van der Waals surface area contributed by atoms with Gasteiger partial charge in [-0.1, -0.05) is 18.9 Å². The highest BCUT2D eigenvalue weighted by molar-refractivity contribution is 5.57. The first kappa shape index (κ1) is 25.2. The van der Waals surface area contributed by atoms with E-state index in [4.69, 9.17) is 18.9 Å². The monoisotopic (exact) mass is 494 g/mol. The van der Waals surface area contributed by atoms with Crippen molar-refractivity contribution in [2.75, 3.05) is 60.7 Å². The van der Waals surface area contributed by atoms with Crippen molar-refractivity contribution in [2.24, 2.45) is 0 Å². The third-order valence-electron chi connectivity index (χ3n) is 8.25. The fourth-order valence-electron chi connectivity index (χ4n) is 6.39. The molecule has 3 aliphatic rings. The van der Waals surface area contributed by atoms with Crippen molar-refractivity contribution in [1.29, 1.82) is 0 Å². The molecule has 196 valence electrons. The zero-order chi connectivity index (χ0) is 24.9. The molecule has 3 aliphatic heterocycles. The van der Waals surface area contributed by atoms with E-state index in [1.807, 2.05) is 0 Å². The molecule has 6 heteroatoms. The van der Waals surface area contributed by atoms with Crippen LogP contribution in [0.3, 0.4) is 0 Å². The topological polar surface area (TPSA) is 43.4 Å². The van der Waals surface area contributed by atoms with Crippen molar-refractivity contribution >= 4 is 0 Å². The summed E-state index contributed by atoms with van der Waals surface area (Å²) in [5.41, 5.74) is 4.02. The minimum absolute atomic E-state index is 0.246. The van der Waals surface area contributed by atoms with Crippen LogP contribution in [0.25, 0.3) is 0 Å². The number of fused-ring (bicyclic) bond motifs is 3. The lowest BCUT2D eigenvalue weighted by atomic mass is 9.78. The van der Waals surface area contributed by atoms with Gasteiger partial charge in [-0.15, -0.1) is 0 Å². The van der Waals surface area contributed by atoms with Crippen LogP contribution < -0.4 is 18.9 Å². The molecule has 0 bridgehead atoms. The summed E-state index contributed by atoms with van der Waals surface area (Å²) in [4.78, 5) is 5.25. The van der Waals surface area contributed by atoms with E-state index in [2.05, 4.69) is 40.1 Å². The lowest BCUT2D eigenvalue weighted by molar-refractivity contribution is 0.130. The third kappa shape index (κ3) is 5.30. The summed E-state index contributed by atoms with van der Waals surface area (Å²) in [5, 5.41) is 0. The summed E-state index contributed by atoms with van der Waals surface area (Å²) in [5.74, 6) is 3.31. The molecule has 2 saturated heterocycles. The van der Waals surface area contributed by atoms with Gasteiger partial charge in [-0.3, -0.25) is 4.90 Å². The zero-order valence-electron chi connectivity index (χ0n) is 22.3. The van der Waals surface area contributed by atoms with Crippen LogP contribution in [0.15, 0.2) is 30.3 Å². The van der Waals surface area contributed by atoms with Gasteiger partial charge in [0.05, 0.1) is 27.9 Å². The van der Waals surface area contributed by atoms with E-state index in [-0.39, 0.29) is 5.92 Å². The van der Waals surface area contributed by atoms with Crippen LogP contribution in [-0.2, 0) is 0 Å². The average Bonchev–Trinajstić information content (AvgIpc) is 2.94. The van der Waals surface area contributed by atoms with Crippen LogP contribution in [0, 0.1) is 0 Å². The van der Waals surface area contributed by atoms with Gasteiger partial charge in [-0.2, -0.15) is 0 Å². The Labute approximate surface area is 216 Å². The second kappa shape index (κ2) is 11.7. The largest absolute Gasteiger partial charge is 0.494 e. The lowest BCUT2D eigenvalue weighted by Crippen LogP contribution is -2.41. The molecule has 3 heterocycles. The molecule has 2 aromatic rings. The first-order chi connectivity index (χ1) is 17.7. The van der Waals surface area contributed by atoms with Gasteiger partial charge >= 0.3 is 0 Å². The van der Waals surface area contributed by atoms with Gasteiger partial charge in [0.15, 0.2) is 11.5 Å². The highest BCUT2D eigenvalue weighted by Gasteiger charge is 2.36. The first-order valence-corrected chi connectivity index (χ1v) is 13.7. The molecule has 0 saturated carbocycles. The Balaban J connectivity index is 1.38. The average molecular weight is 495 g/mol. The SMILES string of the molecule is COc1cc(C2CN3CCCCC3c3cc(OCCCN4CCCCC4)ccc32)cc(OC)c1OC. The Hall–Kier alpha value is -2.44. The fraction of sp³-hybridized carbons (Fsp3) is 0.600. The summed E-state index contributed by atoms with van der Waals surface area (Å²) < 4.78 is 23.2. The molecule has 5 rings (SSSR count). The van der Waals surface area contributed by atoms with E-state index in [1.54, 1.807) is 21.3 Å². The van der Waals surface area contributed by atoms with Gasteiger partial charge in [0.2, 0.25) is 5.75 Å². The number of hydrogen-bond donors (Lipinski definition) is 0. The fourth-order valence-corrected chi connectivity index (χ4v) is 6.39. The predicted molar refractivity (Wildman–Crippen MR) is 143 cm³/mol. The van der Waals surface area contributed by atoms with Gasteiger partial charge in [0, 0.05) is 25.0 Å². The molecule has 2 atom stereocenters. The van der Waals surface area contributed by atoms with Crippen LogP contribution >= 0.6 is 0 Å². The highest BCUT2D eigenvalue weighted by atomic mass is 16.5. The highest BCUT2D eigenvalue weighted by Crippen LogP contribution is 2.47. The van der Waals surface area contributed by atoms with E-state index < -0.39 is 0 Å². The molecule has 0 aromatic heterocycles. The normalized spacial score (nSPS) is 22.4. The molecular weight excluding hydrogens is 452 g/mol. The molecule has 0 spiro atoms. The maximum atomic E-state index is 6.29. The molecule has 0 amide bonds. The maximum absolute atomic E-state index is 6.29. The predicted octanol–water partition coefficient (Wildman–Crippen LogP) is 5.64. The summed E-state index contributed by atoms with van der Waals surface area (Å²) in [6.07, 6.45) is 8.93. The number of hydrogen-bond acceptors (Lipinski definition) is 6. The van der Waals surface area contributed by atoms with E-state index in [0.717, 1.165) is 38.4 Å². The van der Waals surface area contributed by atoms with Crippen LogP contribution in [0.5, 0.6) is 23.0 Å². The minimum Gasteiger partial charge on any atom is -0.494 e. The maximum Gasteiger partial charge on any atom is 0.203 e. The summed E-state index contributed by atoms with van der Waals surface area (Å²) in [6.45, 7) is 6.57. The lowest BCUT2D eigenvalue weighted by Gasteiger charge is -2.44. The van der Waals surface area contributed by atoms with Crippen molar-refractivity contribution in [2.45, 2.75) is 56.9 Å². The van der Waals surface area contributed by atoms with Crippen molar-refractivity contribution in [3.8, 4) is 23.0 Å². The van der Waals surface area contributed by atoms with Crippen molar-refractivity contribution in [1.82, 2.24) is 9.80 Å². The Bertz CT molecular complexity index is 995. The molecule has 2 unspecified atom stereocenters. The standard InChI is InChI=1S/C30H42N2O4/c1-33-28-18-22(19-29(34-2)30(28)35-3)26-21-32-16-8-5-10-27(32)25-20-23(11-12-24(25)26)36-17-9-15-31-13-6-4-7-14-31/h11-12,18-20,26-27H,4-10,13-17,21H2,1-3H3. The number of benzene rings is 2. The Kier molecular flexibility index (Phi) is 8.22. The summed E-state index contributed by atoms with van der Waals surface area (Å²) >= 11 is 0. The van der Waals surface area contributed by atoms with Crippen molar-refractivity contribution in [3.05, 3.63) is 47.0 Å². The Morgan fingerprint density at radius 3 is 2.28 bits per heavy atom. The Morgan fingerprint density at radius 2 is 1.56 bits per heavy atom. The molecule has 2 aromatic carbocycles. The zero-order valence-corrected chi connectivity index (χ0v) is 22.3. The molecular formula is C30H42N2O4. The first-order valence-electron chi connectivity index (χ1n) is 13.7. The van der Waals surface area contributed by atoms with Crippen molar-refractivity contribution in [3.63, 3.8) is 0 Å². The number of nitrogens with zero attached hydrogens (tertiary/aromatic N) is 2. The van der Waals surface area contributed by atoms with Crippen LogP contribution in [0.2, 0.25) is 0 Å². The van der Waals surface area contributed by atoms with Gasteiger partial charge in [-0.05, 0) is 92.7 Å². The molecule has 2 fully saturated rings. The summed E-state index contributed by atoms with van der Waals surface area (Å²) in [7, 11) is 5.03. The summed E-state index contributed by atoms with van der Waals surface area (Å²) in [6, 6.07) is 11.5. The molecule has 36 heavy (non-hydrogen) atoms. The second-order valence-corrected chi connectivity index (χ2v) is 10.4. The quantitative estimate of drug-likeness (QED) is 0.421. The van der Waals surface area contributed by atoms with Gasteiger partial charge in [-0.25, -0.2) is 0 Å².